The maximum absolute atomic E-state index is 14.0. The Bertz CT molecular complexity index is 1150. The lowest BCUT2D eigenvalue weighted by Gasteiger charge is -2.45. The number of methoxy groups -OCH3 is 1. The molecule has 0 aromatic heterocycles. The number of likely N-dealkylation sites (tertiary alicyclic amines) is 1. The fraction of sp³-hybridized carbons (Fsp3) is 0.536. The van der Waals surface area contributed by atoms with Crippen LogP contribution in [0.5, 0.6) is 17.2 Å². The number of benzene rings is 2. The summed E-state index contributed by atoms with van der Waals surface area (Å²) in [5, 5.41) is 10.3. The average Bonchev–Trinajstić information content (AvgIpc) is 2.87. The number of nitrogens with zero attached hydrogens (tertiary/aromatic N) is 3. The number of carbonyl (C=O) groups is 1. The zero-order valence-electron chi connectivity index (χ0n) is 22.4. The standard InChI is InChI=1S/C28H36F3N3O4/c1-19-16-24(35)25(37-4)20(2)23(19)17-33-11-5-10-27(18-33,26(36)34-14-12-32(3)13-15-34)38-22-8-6-21(7-9-22)28(29,30)31/h6-9,16,35H,5,10-15,17-18H2,1-4H3. The van der Waals surface area contributed by atoms with E-state index in [1.807, 2.05) is 25.8 Å². The molecule has 7 nitrogen and oxygen atoms in total. The fourth-order valence-electron chi connectivity index (χ4n) is 5.49. The molecule has 2 saturated heterocycles. The van der Waals surface area contributed by atoms with E-state index >= 15 is 0 Å². The van der Waals surface area contributed by atoms with Crippen molar-refractivity contribution in [2.45, 2.75) is 45.0 Å². The molecule has 4 rings (SSSR count). The van der Waals surface area contributed by atoms with Gasteiger partial charge in [-0.15, -0.1) is 0 Å². The highest BCUT2D eigenvalue weighted by molar-refractivity contribution is 5.86. The lowest BCUT2D eigenvalue weighted by molar-refractivity contribution is -0.155. The van der Waals surface area contributed by atoms with E-state index in [9.17, 15) is 23.1 Å². The molecule has 0 aliphatic carbocycles. The van der Waals surface area contributed by atoms with Crippen molar-refractivity contribution in [2.24, 2.45) is 0 Å². The van der Waals surface area contributed by atoms with Crippen LogP contribution >= 0.6 is 0 Å². The summed E-state index contributed by atoms with van der Waals surface area (Å²) in [4.78, 5) is 20.1. The van der Waals surface area contributed by atoms with Crippen molar-refractivity contribution < 1.29 is 32.5 Å². The molecule has 0 bridgehead atoms. The van der Waals surface area contributed by atoms with Gasteiger partial charge in [0.05, 0.1) is 12.7 Å². The SMILES string of the molecule is COc1c(O)cc(C)c(CN2CCCC(Oc3ccc(C(F)(F)F)cc3)(C(=O)N3CCN(C)CC3)C2)c1C. The minimum atomic E-state index is -4.45. The molecule has 1 N–H and O–H groups in total. The number of piperidine rings is 1. The van der Waals surface area contributed by atoms with E-state index in [1.54, 1.807) is 6.07 Å². The van der Waals surface area contributed by atoms with Crippen LogP contribution in [-0.4, -0.2) is 84.7 Å². The van der Waals surface area contributed by atoms with Crippen molar-refractivity contribution in [3.63, 3.8) is 0 Å². The maximum Gasteiger partial charge on any atom is 0.416 e. The van der Waals surface area contributed by atoms with E-state index in [0.717, 1.165) is 48.5 Å². The molecule has 1 unspecified atom stereocenters. The molecule has 1 amide bonds. The van der Waals surface area contributed by atoms with Gasteiger partial charge in [-0.25, -0.2) is 0 Å². The van der Waals surface area contributed by atoms with Gasteiger partial charge in [0.1, 0.15) is 5.75 Å². The van der Waals surface area contributed by atoms with Crippen molar-refractivity contribution in [2.75, 3.05) is 53.4 Å². The lowest BCUT2D eigenvalue weighted by Crippen LogP contribution is -2.63. The maximum atomic E-state index is 14.0. The Morgan fingerprint density at radius 1 is 1.08 bits per heavy atom. The zero-order chi connectivity index (χ0) is 27.7. The van der Waals surface area contributed by atoms with Crippen LogP contribution in [0.1, 0.15) is 35.1 Å². The number of aryl methyl sites for hydroxylation is 1. The van der Waals surface area contributed by atoms with Crippen molar-refractivity contribution in [3.8, 4) is 17.2 Å². The van der Waals surface area contributed by atoms with Gasteiger partial charge in [0.15, 0.2) is 17.1 Å². The second kappa shape index (κ2) is 11.0. The highest BCUT2D eigenvalue weighted by Crippen LogP contribution is 2.37. The van der Waals surface area contributed by atoms with Gasteiger partial charge in [0.2, 0.25) is 0 Å². The summed E-state index contributed by atoms with van der Waals surface area (Å²) in [5.74, 6) is 0.603. The summed E-state index contributed by atoms with van der Waals surface area (Å²) in [5.41, 5.74) is 0.747. The third-order valence-electron chi connectivity index (χ3n) is 7.65. The van der Waals surface area contributed by atoms with E-state index < -0.39 is 17.3 Å². The van der Waals surface area contributed by atoms with Gasteiger partial charge < -0.3 is 24.4 Å². The molecule has 0 spiro atoms. The molecule has 2 aliphatic rings. The second-order valence-corrected chi connectivity index (χ2v) is 10.4. The third-order valence-corrected chi connectivity index (χ3v) is 7.65. The van der Waals surface area contributed by atoms with Crippen molar-refractivity contribution in [1.82, 2.24) is 14.7 Å². The average molecular weight is 536 g/mol. The van der Waals surface area contributed by atoms with Crippen molar-refractivity contribution >= 4 is 5.91 Å². The Labute approximate surface area is 221 Å². The van der Waals surface area contributed by atoms with E-state index in [-0.39, 0.29) is 17.4 Å². The first-order valence-corrected chi connectivity index (χ1v) is 12.9. The number of piperazine rings is 1. The quantitative estimate of drug-likeness (QED) is 0.598. The summed E-state index contributed by atoms with van der Waals surface area (Å²) >= 11 is 0. The van der Waals surface area contributed by atoms with Gasteiger partial charge >= 0.3 is 6.18 Å². The van der Waals surface area contributed by atoms with Crippen LogP contribution in [0.15, 0.2) is 30.3 Å². The Morgan fingerprint density at radius 3 is 2.34 bits per heavy atom. The van der Waals surface area contributed by atoms with Crippen LogP contribution in [0.4, 0.5) is 13.2 Å². The third kappa shape index (κ3) is 5.86. The van der Waals surface area contributed by atoms with Crippen molar-refractivity contribution in [1.29, 1.82) is 0 Å². The Kier molecular flexibility index (Phi) is 8.13. The van der Waals surface area contributed by atoms with Crippen LogP contribution in [0.2, 0.25) is 0 Å². The summed E-state index contributed by atoms with van der Waals surface area (Å²) in [6, 6.07) is 6.23. The molecule has 2 aromatic rings. The number of alkyl halides is 3. The molecule has 0 radical (unpaired) electrons. The summed E-state index contributed by atoms with van der Waals surface area (Å²) < 4.78 is 51.1. The first-order valence-electron chi connectivity index (χ1n) is 12.9. The highest BCUT2D eigenvalue weighted by atomic mass is 19.4. The second-order valence-electron chi connectivity index (χ2n) is 10.4. The Hall–Kier alpha value is -2.98. The van der Waals surface area contributed by atoms with E-state index in [4.69, 9.17) is 9.47 Å². The van der Waals surface area contributed by atoms with Crippen molar-refractivity contribution in [3.05, 3.63) is 52.6 Å². The van der Waals surface area contributed by atoms with E-state index in [1.165, 1.54) is 19.2 Å². The Morgan fingerprint density at radius 2 is 1.74 bits per heavy atom. The molecule has 208 valence electrons. The number of halogens is 3. The zero-order valence-corrected chi connectivity index (χ0v) is 22.4. The van der Waals surface area contributed by atoms with Crippen LogP contribution in [0, 0.1) is 13.8 Å². The van der Waals surface area contributed by atoms with Gasteiger partial charge in [-0.3, -0.25) is 9.69 Å². The number of hydrogen-bond acceptors (Lipinski definition) is 6. The van der Waals surface area contributed by atoms with Crippen LogP contribution in [-0.2, 0) is 17.5 Å². The number of phenols is 1. The predicted molar refractivity (Wildman–Crippen MR) is 138 cm³/mol. The summed E-state index contributed by atoms with van der Waals surface area (Å²) in [6.07, 6.45) is -3.30. The van der Waals surface area contributed by atoms with Crippen LogP contribution in [0.25, 0.3) is 0 Å². The Balaban J connectivity index is 1.64. The number of ether oxygens (including phenoxy) is 2. The number of phenolic OH excluding ortho intramolecular Hbond substituents is 1. The van der Waals surface area contributed by atoms with Crippen LogP contribution < -0.4 is 9.47 Å². The molecule has 0 saturated carbocycles. The number of amides is 1. The molecule has 2 heterocycles. The molecule has 2 aromatic carbocycles. The molecule has 38 heavy (non-hydrogen) atoms. The smallest absolute Gasteiger partial charge is 0.416 e. The summed E-state index contributed by atoms with van der Waals surface area (Å²) in [7, 11) is 3.52. The first kappa shape index (κ1) is 28.0. The number of rotatable bonds is 6. The molecule has 2 aliphatic heterocycles. The molecule has 10 heteroatoms. The lowest BCUT2D eigenvalue weighted by atomic mass is 9.89. The number of hydrogen-bond donors (Lipinski definition) is 1. The summed E-state index contributed by atoms with van der Waals surface area (Å²) in [6.45, 7) is 8.00. The number of aromatic hydroxyl groups is 1. The monoisotopic (exact) mass is 535 g/mol. The number of carbonyl (C=O) groups excluding carboxylic acids is 1. The predicted octanol–water partition coefficient (Wildman–Crippen LogP) is 4.22. The number of likely N-dealkylation sites (N-methyl/N-ethyl adjacent to an activating group) is 1. The van der Waals surface area contributed by atoms with Crippen LogP contribution in [0.3, 0.4) is 0 Å². The van der Waals surface area contributed by atoms with Gasteiger partial charge in [-0.1, -0.05) is 0 Å². The van der Waals surface area contributed by atoms with E-state index in [2.05, 4.69) is 9.80 Å². The van der Waals surface area contributed by atoms with Gasteiger partial charge in [0.25, 0.3) is 5.91 Å². The fourth-order valence-corrected chi connectivity index (χ4v) is 5.49. The highest BCUT2D eigenvalue weighted by Gasteiger charge is 2.47. The molecule has 2 fully saturated rings. The molecular weight excluding hydrogens is 499 g/mol. The minimum Gasteiger partial charge on any atom is -0.504 e. The minimum absolute atomic E-state index is 0.0788. The topological polar surface area (TPSA) is 65.5 Å². The first-order chi connectivity index (χ1) is 17.9. The molecule has 1 atom stereocenters. The van der Waals surface area contributed by atoms with Gasteiger partial charge in [-0.05, 0) is 87.3 Å². The normalized spacial score (nSPS) is 21.4. The van der Waals surface area contributed by atoms with Gasteiger partial charge in [0, 0.05) is 39.3 Å². The van der Waals surface area contributed by atoms with E-state index in [0.29, 0.717) is 44.8 Å². The molecular formula is C28H36F3N3O4. The van der Waals surface area contributed by atoms with Gasteiger partial charge in [-0.2, -0.15) is 13.2 Å². The largest absolute Gasteiger partial charge is 0.504 e.